The van der Waals surface area contributed by atoms with E-state index in [4.69, 9.17) is 5.73 Å². The van der Waals surface area contributed by atoms with Crippen molar-refractivity contribution in [1.82, 2.24) is 5.32 Å². The van der Waals surface area contributed by atoms with Crippen molar-refractivity contribution in [2.45, 2.75) is 32.7 Å². The van der Waals surface area contributed by atoms with Crippen molar-refractivity contribution in [3.05, 3.63) is 65.2 Å². The molecule has 22 heavy (non-hydrogen) atoms. The van der Waals surface area contributed by atoms with Crippen LogP contribution in [0.5, 0.6) is 0 Å². The summed E-state index contributed by atoms with van der Waals surface area (Å²) in [5.41, 5.74) is 9.22. The summed E-state index contributed by atoms with van der Waals surface area (Å²) in [6, 6.07) is 15.6. The van der Waals surface area contributed by atoms with Gasteiger partial charge in [-0.15, -0.1) is 12.4 Å². The number of carbonyl (C=O) groups excluding carboxylic acids is 1. The summed E-state index contributed by atoms with van der Waals surface area (Å²) in [5, 5.41) is 3.09. The van der Waals surface area contributed by atoms with Crippen molar-refractivity contribution in [2.75, 3.05) is 5.73 Å². The number of nitrogens with one attached hydrogen (secondary N) is 1. The molecule has 3 nitrogen and oxygen atoms in total. The van der Waals surface area contributed by atoms with Gasteiger partial charge in [-0.1, -0.05) is 42.0 Å². The molecule has 3 N–H and O–H groups in total. The molecule has 0 saturated carbocycles. The minimum atomic E-state index is -0.392. The zero-order chi connectivity index (χ0) is 15.5. The van der Waals surface area contributed by atoms with E-state index in [0.29, 0.717) is 12.1 Å². The van der Waals surface area contributed by atoms with E-state index in [1.807, 2.05) is 50.2 Å². The van der Waals surface area contributed by atoms with Gasteiger partial charge < -0.3 is 11.1 Å². The number of halogens is 1. The van der Waals surface area contributed by atoms with Crippen LogP contribution in [0, 0.1) is 6.92 Å². The maximum atomic E-state index is 12.2. The Balaban J connectivity index is 0.00000242. The van der Waals surface area contributed by atoms with Crippen molar-refractivity contribution < 1.29 is 4.79 Å². The normalized spacial score (nSPS) is 10.7. The molecule has 0 aliphatic carbocycles. The molecule has 2 rings (SSSR count). The Morgan fingerprint density at radius 1 is 1.14 bits per heavy atom. The molecule has 0 spiro atoms. The largest absolute Gasteiger partial charge is 0.399 e. The summed E-state index contributed by atoms with van der Waals surface area (Å²) in [6.07, 6.45) is 0.357. The third kappa shape index (κ3) is 4.78. The number of nitrogen functional groups attached to an aromatic ring is 1. The van der Waals surface area contributed by atoms with Crippen molar-refractivity contribution in [3.8, 4) is 0 Å². The molecule has 2 aromatic carbocycles. The van der Waals surface area contributed by atoms with Gasteiger partial charge >= 0.3 is 0 Å². The molecule has 0 saturated heterocycles. The number of anilines is 1. The summed E-state index contributed by atoms with van der Waals surface area (Å²) >= 11 is 0. The molecular weight excluding hydrogens is 296 g/mol. The summed E-state index contributed by atoms with van der Waals surface area (Å²) in [6.45, 7) is 6.08. The van der Waals surface area contributed by atoms with Crippen LogP contribution in [0.15, 0.2) is 48.5 Å². The number of nitrogens with two attached hydrogens (primary N) is 1. The van der Waals surface area contributed by atoms with E-state index in [-0.39, 0.29) is 18.3 Å². The van der Waals surface area contributed by atoms with Gasteiger partial charge in [0.1, 0.15) is 0 Å². The maximum Gasteiger partial charge on any atom is 0.225 e. The quantitative estimate of drug-likeness (QED) is 0.846. The Morgan fingerprint density at radius 3 is 2.36 bits per heavy atom. The van der Waals surface area contributed by atoms with Gasteiger partial charge in [0, 0.05) is 5.69 Å². The van der Waals surface area contributed by atoms with Gasteiger partial charge in [0.2, 0.25) is 5.91 Å². The number of aryl methyl sites for hydroxylation is 1. The first-order valence-corrected chi connectivity index (χ1v) is 7.09. The highest BCUT2D eigenvalue weighted by Crippen LogP contribution is 2.21. The van der Waals surface area contributed by atoms with E-state index in [1.165, 1.54) is 5.56 Å². The molecule has 0 fully saturated rings. The summed E-state index contributed by atoms with van der Waals surface area (Å²) in [5.74, 6) is 0.00581. The van der Waals surface area contributed by atoms with Crippen LogP contribution in [-0.2, 0) is 16.8 Å². The van der Waals surface area contributed by atoms with E-state index in [2.05, 4.69) is 24.4 Å². The minimum Gasteiger partial charge on any atom is -0.399 e. The van der Waals surface area contributed by atoms with Crippen molar-refractivity contribution in [1.29, 1.82) is 0 Å². The van der Waals surface area contributed by atoms with Gasteiger partial charge in [-0.05, 0) is 44.0 Å². The van der Waals surface area contributed by atoms with Crippen LogP contribution in [0.2, 0.25) is 0 Å². The fourth-order valence-corrected chi connectivity index (χ4v) is 2.32. The van der Waals surface area contributed by atoms with Crippen LogP contribution < -0.4 is 11.1 Å². The molecule has 0 heterocycles. The number of amides is 1. The van der Waals surface area contributed by atoms with Gasteiger partial charge in [-0.2, -0.15) is 0 Å². The van der Waals surface area contributed by atoms with E-state index >= 15 is 0 Å². The second-order valence-corrected chi connectivity index (χ2v) is 5.96. The smallest absolute Gasteiger partial charge is 0.225 e. The molecule has 0 atom stereocenters. The molecule has 1 amide bonds. The summed E-state index contributed by atoms with van der Waals surface area (Å²) in [7, 11) is 0. The first-order valence-electron chi connectivity index (χ1n) is 7.09. The highest BCUT2D eigenvalue weighted by Gasteiger charge is 2.22. The number of hydrogen-bond donors (Lipinski definition) is 2. The average molecular weight is 319 g/mol. The Hall–Kier alpha value is -2.00. The van der Waals surface area contributed by atoms with Gasteiger partial charge in [0.15, 0.2) is 0 Å². The third-order valence-corrected chi connectivity index (χ3v) is 3.54. The molecule has 0 aliphatic rings. The molecule has 2 aromatic rings. The van der Waals surface area contributed by atoms with Crippen molar-refractivity contribution in [2.24, 2.45) is 0 Å². The average Bonchev–Trinajstić information content (AvgIpc) is 2.41. The number of benzene rings is 2. The van der Waals surface area contributed by atoms with Crippen molar-refractivity contribution in [3.63, 3.8) is 0 Å². The van der Waals surface area contributed by atoms with Crippen LogP contribution in [0.4, 0.5) is 5.69 Å². The highest BCUT2D eigenvalue weighted by atomic mass is 35.5. The molecule has 0 aliphatic heterocycles. The lowest BCUT2D eigenvalue weighted by atomic mass is 9.92. The maximum absolute atomic E-state index is 12.2. The predicted octanol–water partition coefficient (Wildman–Crippen LogP) is 3.59. The van der Waals surface area contributed by atoms with Crippen LogP contribution in [0.1, 0.15) is 30.5 Å². The molecule has 118 valence electrons. The number of hydrogen-bond acceptors (Lipinski definition) is 2. The van der Waals surface area contributed by atoms with Gasteiger partial charge in [0.05, 0.1) is 12.0 Å². The summed E-state index contributed by atoms with van der Waals surface area (Å²) in [4.78, 5) is 12.2. The zero-order valence-corrected chi connectivity index (χ0v) is 14.0. The second-order valence-electron chi connectivity index (χ2n) is 5.96. The SMILES string of the molecule is Cc1cccc(C(C)(C)NC(=O)Cc2ccc(N)cc2)c1.Cl. The van der Waals surface area contributed by atoms with Crippen molar-refractivity contribution >= 4 is 24.0 Å². The molecular formula is C18H23ClN2O. The Labute approximate surface area is 138 Å². The van der Waals surface area contributed by atoms with Crippen LogP contribution in [0.25, 0.3) is 0 Å². The highest BCUT2D eigenvalue weighted by molar-refractivity contribution is 5.85. The lowest BCUT2D eigenvalue weighted by Gasteiger charge is -2.27. The second kappa shape index (κ2) is 7.32. The number of carbonyl (C=O) groups is 1. The third-order valence-electron chi connectivity index (χ3n) is 3.54. The molecule has 0 unspecified atom stereocenters. The van der Waals surface area contributed by atoms with Gasteiger partial charge in [-0.25, -0.2) is 0 Å². The topological polar surface area (TPSA) is 55.1 Å². The molecule has 0 bridgehead atoms. The van der Waals surface area contributed by atoms with Gasteiger partial charge in [-0.3, -0.25) is 4.79 Å². The Bertz CT molecular complexity index is 636. The fraction of sp³-hybridized carbons (Fsp3) is 0.278. The van der Waals surface area contributed by atoms with E-state index in [9.17, 15) is 4.79 Å². The first-order chi connectivity index (χ1) is 9.87. The lowest BCUT2D eigenvalue weighted by Crippen LogP contribution is -2.41. The van der Waals surface area contributed by atoms with E-state index in [1.54, 1.807) is 0 Å². The molecule has 0 aromatic heterocycles. The molecule has 0 radical (unpaired) electrons. The van der Waals surface area contributed by atoms with E-state index < -0.39 is 5.54 Å². The van der Waals surface area contributed by atoms with E-state index in [0.717, 1.165) is 11.1 Å². The summed E-state index contributed by atoms with van der Waals surface area (Å²) < 4.78 is 0. The van der Waals surface area contributed by atoms with Crippen LogP contribution >= 0.6 is 12.4 Å². The number of rotatable bonds is 4. The van der Waals surface area contributed by atoms with Gasteiger partial charge in [0.25, 0.3) is 0 Å². The van der Waals surface area contributed by atoms with Crippen LogP contribution in [-0.4, -0.2) is 5.91 Å². The van der Waals surface area contributed by atoms with Crippen LogP contribution in [0.3, 0.4) is 0 Å². The zero-order valence-electron chi connectivity index (χ0n) is 13.2. The minimum absolute atomic E-state index is 0. The predicted molar refractivity (Wildman–Crippen MR) is 94.2 cm³/mol. The molecule has 4 heteroatoms. The Morgan fingerprint density at radius 2 is 1.77 bits per heavy atom. The Kier molecular flexibility index (Phi) is 6.01. The fourth-order valence-electron chi connectivity index (χ4n) is 2.32. The monoisotopic (exact) mass is 318 g/mol. The first kappa shape index (κ1) is 18.1. The standard InChI is InChI=1S/C18H22N2O.ClH/c1-13-5-4-6-15(11-13)18(2,3)20-17(21)12-14-7-9-16(19)10-8-14;/h4-11H,12,19H2,1-3H3,(H,20,21);1H. The lowest BCUT2D eigenvalue weighted by molar-refractivity contribution is -0.122.